The van der Waals surface area contributed by atoms with E-state index in [-0.39, 0.29) is 0 Å². The molecule has 1 aliphatic rings. The number of aromatic amines is 1. The topological polar surface area (TPSA) is 15.8 Å². The second-order valence-electron chi connectivity index (χ2n) is 3.58. The molecule has 0 saturated carbocycles. The van der Waals surface area contributed by atoms with Crippen LogP contribution in [0.25, 0.3) is 0 Å². The SMILES string of the molecule is Cc1c[c]([Ru]([CH3])[C]2=CC=CC2)c(C)[nH]1. The minimum atomic E-state index is -0.909. The maximum absolute atomic E-state index is 3.40. The summed E-state index contributed by atoms with van der Waals surface area (Å²) in [5, 5.41) is 0. The summed E-state index contributed by atoms with van der Waals surface area (Å²) in [5.41, 5.74) is 5.10. The fraction of sp³-hybridized carbons (Fsp3) is 0.333. The molecule has 0 bridgehead atoms. The Kier molecular flexibility index (Phi) is 2.74. The summed E-state index contributed by atoms with van der Waals surface area (Å²) in [7, 11) is 0. The zero-order valence-corrected chi connectivity index (χ0v) is 10.6. The van der Waals surface area contributed by atoms with E-state index in [2.05, 4.69) is 48.6 Å². The second-order valence-corrected chi connectivity index (χ2v) is 7.81. The zero-order valence-electron chi connectivity index (χ0n) is 8.87. The van der Waals surface area contributed by atoms with E-state index >= 15 is 0 Å². The first-order valence-corrected chi connectivity index (χ1v) is 8.23. The summed E-state index contributed by atoms with van der Waals surface area (Å²) >= 11 is -0.909. The van der Waals surface area contributed by atoms with Gasteiger partial charge in [0.25, 0.3) is 0 Å². The number of hydrogen-bond acceptors (Lipinski definition) is 0. The molecule has 1 N–H and O–H groups in total. The van der Waals surface area contributed by atoms with Crippen molar-refractivity contribution in [1.82, 2.24) is 4.98 Å². The summed E-state index contributed by atoms with van der Waals surface area (Å²) in [6.45, 7) is 4.33. The quantitative estimate of drug-likeness (QED) is 0.799. The standard InChI is InChI=1S/C6H8N.C5H5.CH3.Ru/c1-5-3-4-6(2)7-5;1-2-4-5-3-1;;/h3,7H,1-2H3;1-3H,4H2;1H3;. The average Bonchev–Trinajstić information content (AvgIpc) is 2.73. The third-order valence-electron chi connectivity index (χ3n) is 2.42. The number of H-pyrrole nitrogens is 1. The molecule has 1 aromatic heterocycles. The fourth-order valence-corrected chi connectivity index (χ4v) is 5.47. The van der Waals surface area contributed by atoms with Crippen LogP contribution in [-0.4, -0.2) is 4.98 Å². The van der Waals surface area contributed by atoms with Crippen LogP contribution in [0.3, 0.4) is 0 Å². The Balaban J connectivity index is 2.26. The van der Waals surface area contributed by atoms with E-state index in [0.29, 0.717) is 0 Å². The molecule has 0 saturated heterocycles. The molecule has 0 aromatic carbocycles. The summed E-state index contributed by atoms with van der Waals surface area (Å²) in [6.07, 6.45) is 7.93. The van der Waals surface area contributed by atoms with Crippen LogP contribution < -0.4 is 4.16 Å². The average molecular weight is 275 g/mol. The number of aromatic nitrogens is 1. The molecular weight excluding hydrogens is 259 g/mol. The van der Waals surface area contributed by atoms with Crippen LogP contribution in [0.4, 0.5) is 0 Å². The van der Waals surface area contributed by atoms with E-state index in [1.165, 1.54) is 17.8 Å². The summed E-state index contributed by atoms with van der Waals surface area (Å²) in [5.74, 6) is 0. The Bertz CT molecular complexity index is 398. The summed E-state index contributed by atoms with van der Waals surface area (Å²) in [6, 6.07) is 2.33. The first-order valence-electron chi connectivity index (χ1n) is 4.75. The molecule has 1 nitrogen and oxygen atoms in total. The first-order chi connectivity index (χ1) is 6.68. The van der Waals surface area contributed by atoms with Crippen molar-refractivity contribution >= 4 is 4.16 Å². The van der Waals surface area contributed by atoms with Crippen molar-refractivity contribution in [3.8, 4) is 0 Å². The summed E-state index contributed by atoms with van der Waals surface area (Å²) in [4.78, 5) is 3.40. The predicted octanol–water partition coefficient (Wildman–Crippen LogP) is 2.77. The van der Waals surface area contributed by atoms with Gasteiger partial charge < -0.3 is 0 Å². The van der Waals surface area contributed by atoms with Gasteiger partial charge in [-0.3, -0.25) is 0 Å². The Morgan fingerprint density at radius 3 is 2.64 bits per heavy atom. The van der Waals surface area contributed by atoms with Crippen LogP contribution >= 0.6 is 0 Å². The zero-order chi connectivity index (χ0) is 10.1. The third kappa shape index (κ3) is 1.76. The van der Waals surface area contributed by atoms with Gasteiger partial charge in [-0.25, -0.2) is 0 Å². The minimum absolute atomic E-state index is 0.909. The van der Waals surface area contributed by atoms with Crippen molar-refractivity contribution in [2.24, 2.45) is 0 Å². The second kappa shape index (κ2) is 3.86. The van der Waals surface area contributed by atoms with E-state index in [1.807, 2.05) is 0 Å². The van der Waals surface area contributed by atoms with E-state index in [9.17, 15) is 0 Å². The fourth-order valence-electron chi connectivity index (χ4n) is 1.69. The van der Waals surface area contributed by atoms with Crippen molar-refractivity contribution in [3.63, 3.8) is 0 Å². The van der Waals surface area contributed by atoms with Gasteiger partial charge in [0, 0.05) is 0 Å². The molecular formula is C12H16NRu. The van der Waals surface area contributed by atoms with Crippen LogP contribution in [0.15, 0.2) is 28.5 Å². The molecule has 0 unspecified atom stereocenters. The van der Waals surface area contributed by atoms with Crippen molar-refractivity contribution < 1.29 is 16.0 Å². The number of rotatable bonds is 2. The Hall–Kier alpha value is -0.617. The Morgan fingerprint density at radius 2 is 2.14 bits per heavy atom. The van der Waals surface area contributed by atoms with Crippen LogP contribution in [0.2, 0.25) is 5.52 Å². The van der Waals surface area contributed by atoms with Gasteiger partial charge >= 0.3 is 90.7 Å². The number of aryl methyl sites for hydroxylation is 2. The van der Waals surface area contributed by atoms with E-state index in [1.54, 1.807) is 8.33 Å². The van der Waals surface area contributed by atoms with E-state index in [0.717, 1.165) is 0 Å². The summed E-state index contributed by atoms with van der Waals surface area (Å²) < 4.78 is 3.25. The predicted molar refractivity (Wildman–Crippen MR) is 57.6 cm³/mol. The van der Waals surface area contributed by atoms with Gasteiger partial charge in [-0.15, -0.1) is 0 Å². The van der Waals surface area contributed by atoms with E-state index < -0.39 is 16.0 Å². The van der Waals surface area contributed by atoms with Crippen LogP contribution in [0, 0.1) is 13.8 Å². The first kappa shape index (κ1) is 9.92. The van der Waals surface area contributed by atoms with E-state index in [4.69, 9.17) is 0 Å². The van der Waals surface area contributed by atoms with Gasteiger partial charge in [0.15, 0.2) is 0 Å². The molecule has 77 valence electrons. The van der Waals surface area contributed by atoms with Crippen molar-refractivity contribution in [2.75, 3.05) is 0 Å². The molecule has 2 heteroatoms. The maximum atomic E-state index is 3.40. The van der Waals surface area contributed by atoms with Crippen LogP contribution in [0.1, 0.15) is 17.8 Å². The van der Waals surface area contributed by atoms with Gasteiger partial charge in [0.1, 0.15) is 0 Å². The van der Waals surface area contributed by atoms with Crippen LogP contribution in [-0.2, 0) is 16.0 Å². The van der Waals surface area contributed by atoms with Gasteiger partial charge in [-0.05, 0) is 0 Å². The molecule has 2 rings (SSSR count). The molecule has 1 aliphatic carbocycles. The number of allylic oxidation sites excluding steroid dienone is 4. The molecule has 0 atom stereocenters. The van der Waals surface area contributed by atoms with Gasteiger partial charge in [0.05, 0.1) is 0 Å². The molecule has 0 radical (unpaired) electrons. The Labute approximate surface area is 90.8 Å². The molecule has 1 aromatic rings. The molecule has 0 amide bonds. The van der Waals surface area contributed by atoms with Crippen molar-refractivity contribution in [2.45, 2.75) is 25.8 Å². The van der Waals surface area contributed by atoms with Crippen molar-refractivity contribution in [1.29, 1.82) is 0 Å². The molecule has 0 spiro atoms. The molecule has 14 heavy (non-hydrogen) atoms. The number of hydrogen-bond donors (Lipinski definition) is 1. The van der Waals surface area contributed by atoms with Gasteiger partial charge in [0.2, 0.25) is 0 Å². The van der Waals surface area contributed by atoms with Gasteiger partial charge in [-0.1, -0.05) is 0 Å². The Morgan fingerprint density at radius 1 is 1.36 bits per heavy atom. The van der Waals surface area contributed by atoms with Gasteiger partial charge in [-0.2, -0.15) is 0 Å². The normalized spacial score (nSPS) is 15.9. The van der Waals surface area contributed by atoms with Crippen molar-refractivity contribution in [3.05, 3.63) is 39.8 Å². The number of nitrogens with one attached hydrogen (secondary N) is 1. The third-order valence-corrected chi connectivity index (χ3v) is 7.04. The molecule has 1 heterocycles. The monoisotopic (exact) mass is 276 g/mol. The molecule has 0 fully saturated rings. The van der Waals surface area contributed by atoms with Crippen LogP contribution in [0.5, 0.6) is 0 Å². The molecule has 0 aliphatic heterocycles.